The normalized spacial score (nSPS) is 14.3. The van der Waals surface area contributed by atoms with E-state index in [9.17, 15) is 4.79 Å². The number of ether oxygens (including phenoxy) is 1. The molecule has 6 heteroatoms. The van der Waals surface area contributed by atoms with Crippen LogP contribution < -0.4 is 20.3 Å². The largest absolute Gasteiger partial charge is 0.497 e. The molecule has 0 spiro atoms. The Bertz CT molecular complexity index is 800. The van der Waals surface area contributed by atoms with E-state index in [0.29, 0.717) is 19.5 Å². The number of aliphatic imine (C=N–C) groups is 1. The summed E-state index contributed by atoms with van der Waals surface area (Å²) in [6.07, 6.45) is 1.60. The second kappa shape index (κ2) is 9.78. The van der Waals surface area contributed by atoms with Crippen molar-refractivity contribution in [2.45, 2.75) is 32.9 Å². The summed E-state index contributed by atoms with van der Waals surface area (Å²) >= 11 is 0. The van der Waals surface area contributed by atoms with Crippen LogP contribution in [-0.2, 0) is 17.9 Å². The van der Waals surface area contributed by atoms with Gasteiger partial charge in [-0.25, -0.2) is 4.99 Å². The first-order valence-corrected chi connectivity index (χ1v) is 9.74. The summed E-state index contributed by atoms with van der Waals surface area (Å²) in [6, 6.07) is 16.1. The van der Waals surface area contributed by atoms with E-state index in [1.54, 1.807) is 7.11 Å². The molecule has 28 heavy (non-hydrogen) atoms. The Morgan fingerprint density at radius 1 is 1.07 bits per heavy atom. The van der Waals surface area contributed by atoms with Crippen molar-refractivity contribution >= 4 is 17.6 Å². The van der Waals surface area contributed by atoms with Gasteiger partial charge in [0.25, 0.3) is 0 Å². The second-order valence-electron chi connectivity index (χ2n) is 6.71. The van der Waals surface area contributed by atoms with E-state index in [-0.39, 0.29) is 5.91 Å². The molecule has 1 fully saturated rings. The second-order valence-corrected chi connectivity index (χ2v) is 6.71. The minimum Gasteiger partial charge on any atom is -0.497 e. The van der Waals surface area contributed by atoms with Crippen LogP contribution in [0.2, 0.25) is 0 Å². The number of amides is 1. The van der Waals surface area contributed by atoms with Gasteiger partial charge in [-0.2, -0.15) is 0 Å². The van der Waals surface area contributed by atoms with Crippen LogP contribution in [0.1, 0.15) is 30.9 Å². The summed E-state index contributed by atoms with van der Waals surface area (Å²) < 4.78 is 5.19. The molecule has 2 N–H and O–H groups in total. The first kappa shape index (κ1) is 19.7. The third-order valence-corrected chi connectivity index (χ3v) is 4.70. The zero-order valence-corrected chi connectivity index (χ0v) is 16.6. The van der Waals surface area contributed by atoms with Gasteiger partial charge in [-0.05, 0) is 48.7 Å². The van der Waals surface area contributed by atoms with Gasteiger partial charge < -0.3 is 20.3 Å². The van der Waals surface area contributed by atoms with Crippen LogP contribution in [0.4, 0.5) is 5.69 Å². The van der Waals surface area contributed by atoms with Crippen molar-refractivity contribution in [1.82, 2.24) is 10.6 Å². The maximum atomic E-state index is 11.9. The number of carbonyl (C=O) groups excluding carboxylic acids is 1. The lowest BCUT2D eigenvalue weighted by atomic mass is 10.2. The summed E-state index contributed by atoms with van der Waals surface area (Å²) in [7, 11) is 1.66. The molecule has 0 aliphatic carbocycles. The molecule has 1 aliphatic rings. The van der Waals surface area contributed by atoms with Crippen molar-refractivity contribution in [3.63, 3.8) is 0 Å². The summed E-state index contributed by atoms with van der Waals surface area (Å²) in [4.78, 5) is 18.4. The monoisotopic (exact) mass is 380 g/mol. The highest BCUT2D eigenvalue weighted by Crippen LogP contribution is 2.21. The molecule has 0 unspecified atom stereocenters. The zero-order valence-electron chi connectivity index (χ0n) is 16.6. The van der Waals surface area contributed by atoms with Crippen LogP contribution in [0.3, 0.4) is 0 Å². The fraction of sp³-hybridized carbons (Fsp3) is 0.364. The van der Waals surface area contributed by atoms with Crippen molar-refractivity contribution in [2.24, 2.45) is 4.99 Å². The summed E-state index contributed by atoms with van der Waals surface area (Å²) in [5, 5.41) is 6.63. The van der Waals surface area contributed by atoms with Gasteiger partial charge in [-0.15, -0.1) is 0 Å². The number of hydrogen-bond acceptors (Lipinski definition) is 3. The van der Waals surface area contributed by atoms with Crippen LogP contribution in [-0.4, -0.2) is 32.1 Å². The smallest absolute Gasteiger partial charge is 0.227 e. The van der Waals surface area contributed by atoms with Gasteiger partial charge in [-0.1, -0.05) is 24.3 Å². The zero-order chi connectivity index (χ0) is 19.8. The summed E-state index contributed by atoms with van der Waals surface area (Å²) in [5.74, 6) is 1.83. The third kappa shape index (κ3) is 5.25. The Hall–Kier alpha value is -3.02. The molecular weight excluding hydrogens is 352 g/mol. The molecule has 1 saturated heterocycles. The lowest BCUT2D eigenvalue weighted by Gasteiger charge is -2.16. The Balaban J connectivity index is 1.57. The SMILES string of the molecule is CCNC(=NCc1ccc(OC)cc1)NCc1ccc(N2CCCC2=O)cc1. The first-order chi connectivity index (χ1) is 13.7. The van der Waals surface area contributed by atoms with Gasteiger partial charge in [-0.3, -0.25) is 4.79 Å². The van der Waals surface area contributed by atoms with Crippen molar-refractivity contribution in [2.75, 3.05) is 25.1 Å². The number of nitrogens with zero attached hydrogens (tertiary/aromatic N) is 2. The Kier molecular flexibility index (Phi) is 6.89. The van der Waals surface area contributed by atoms with Gasteiger partial charge in [0.15, 0.2) is 5.96 Å². The molecule has 148 valence electrons. The molecule has 1 heterocycles. The van der Waals surface area contributed by atoms with Crippen LogP contribution in [0.25, 0.3) is 0 Å². The maximum absolute atomic E-state index is 11.9. The topological polar surface area (TPSA) is 66.0 Å². The first-order valence-electron chi connectivity index (χ1n) is 9.74. The molecule has 0 radical (unpaired) electrons. The van der Waals surface area contributed by atoms with Crippen LogP contribution in [0, 0.1) is 0 Å². The predicted molar refractivity (Wildman–Crippen MR) is 113 cm³/mol. The number of rotatable bonds is 7. The van der Waals surface area contributed by atoms with E-state index in [4.69, 9.17) is 4.74 Å². The lowest BCUT2D eigenvalue weighted by molar-refractivity contribution is -0.117. The van der Waals surface area contributed by atoms with E-state index in [1.807, 2.05) is 48.2 Å². The van der Waals surface area contributed by atoms with E-state index in [1.165, 1.54) is 0 Å². The van der Waals surface area contributed by atoms with Gasteiger partial charge in [0.2, 0.25) is 5.91 Å². The molecule has 1 aliphatic heterocycles. The highest BCUT2D eigenvalue weighted by atomic mass is 16.5. The minimum absolute atomic E-state index is 0.214. The van der Waals surface area contributed by atoms with E-state index >= 15 is 0 Å². The Morgan fingerprint density at radius 2 is 1.79 bits per heavy atom. The van der Waals surface area contributed by atoms with Crippen molar-refractivity contribution in [3.8, 4) is 5.75 Å². The molecule has 2 aromatic rings. The number of hydrogen-bond donors (Lipinski definition) is 2. The average molecular weight is 380 g/mol. The molecule has 1 amide bonds. The standard InChI is InChI=1S/C22H28N4O2/c1-3-23-22(25-16-18-8-12-20(28-2)13-9-18)24-15-17-6-10-19(11-7-17)26-14-4-5-21(26)27/h6-13H,3-5,14-16H2,1-2H3,(H2,23,24,25). The van der Waals surface area contributed by atoms with E-state index < -0.39 is 0 Å². The molecule has 3 rings (SSSR count). The molecule has 0 aromatic heterocycles. The minimum atomic E-state index is 0.214. The van der Waals surface area contributed by atoms with Gasteiger partial charge in [0.05, 0.1) is 13.7 Å². The molecular formula is C22H28N4O2. The van der Waals surface area contributed by atoms with Crippen molar-refractivity contribution in [3.05, 3.63) is 59.7 Å². The highest BCUT2D eigenvalue weighted by Gasteiger charge is 2.21. The van der Waals surface area contributed by atoms with Crippen molar-refractivity contribution < 1.29 is 9.53 Å². The van der Waals surface area contributed by atoms with Crippen molar-refractivity contribution in [1.29, 1.82) is 0 Å². The lowest BCUT2D eigenvalue weighted by Crippen LogP contribution is -2.36. The quantitative estimate of drug-likeness (QED) is 0.572. The number of benzene rings is 2. The fourth-order valence-corrected chi connectivity index (χ4v) is 3.14. The molecule has 2 aromatic carbocycles. The third-order valence-electron chi connectivity index (χ3n) is 4.70. The van der Waals surface area contributed by atoms with Gasteiger partial charge in [0, 0.05) is 31.7 Å². The fourth-order valence-electron chi connectivity index (χ4n) is 3.14. The average Bonchev–Trinajstić information content (AvgIpc) is 3.16. The number of methoxy groups -OCH3 is 1. The predicted octanol–water partition coefficient (Wildman–Crippen LogP) is 3.08. The molecule has 0 bridgehead atoms. The van der Waals surface area contributed by atoms with Gasteiger partial charge in [0.1, 0.15) is 5.75 Å². The van der Waals surface area contributed by atoms with E-state index in [2.05, 4.69) is 27.8 Å². The molecule has 0 atom stereocenters. The number of nitrogens with one attached hydrogen (secondary N) is 2. The number of anilines is 1. The maximum Gasteiger partial charge on any atom is 0.227 e. The van der Waals surface area contributed by atoms with Crippen LogP contribution >= 0.6 is 0 Å². The number of guanidine groups is 1. The van der Waals surface area contributed by atoms with Gasteiger partial charge >= 0.3 is 0 Å². The van der Waals surface area contributed by atoms with E-state index in [0.717, 1.165) is 48.0 Å². The molecule has 6 nitrogen and oxygen atoms in total. The molecule has 0 saturated carbocycles. The summed E-state index contributed by atoms with van der Waals surface area (Å²) in [6.45, 7) is 4.92. The summed E-state index contributed by atoms with van der Waals surface area (Å²) in [5.41, 5.74) is 3.24. The van der Waals surface area contributed by atoms with Crippen LogP contribution in [0.15, 0.2) is 53.5 Å². The Labute approximate surface area is 166 Å². The van der Waals surface area contributed by atoms with Crippen LogP contribution in [0.5, 0.6) is 5.75 Å². The Morgan fingerprint density at radius 3 is 2.39 bits per heavy atom. The highest BCUT2D eigenvalue weighted by molar-refractivity contribution is 5.95. The number of carbonyl (C=O) groups is 1.